The highest BCUT2D eigenvalue weighted by molar-refractivity contribution is 7.87. The second-order valence-electron chi connectivity index (χ2n) is 6.30. The van der Waals surface area contributed by atoms with Gasteiger partial charge in [0, 0.05) is 12.6 Å². The molecule has 0 spiro atoms. The molecule has 0 unspecified atom stereocenters. The number of piperidine rings is 1. The Hall–Kier alpha value is -0.910. The minimum atomic E-state index is -3.40. The first-order valence-corrected chi connectivity index (χ1v) is 9.36. The van der Waals surface area contributed by atoms with Crippen LogP contribution >= 0.6 is 0 Å². The maximum absolute atomic E-state index is 12.7. The normalized spacial score (nSPS) is 25.7. The Morgan fingerprint density at radius 3 is 2.48 bits per heavy atom. The van der Waals surface area contributed by atoms with Crippen molar-refractivity contribution in [3.05, 3.63) is 35.9 Å². The Labute approximate surface area is 127 Å². The summed E-state index contributed by atoms with van der Waals surface area (Å²) in [7, 11) is -3.40. The molecule has 0 amide bonds. The summed E-state index contributed by atoms with van der Waals surface area (Å²) in [4.78, 5) is 0. The number of hydrogen-bond donors (Lipinski definition) is 1. The van der Waals surface area contributed by atoms with E-state index in [0.717, 1.165) is 37.7 Å². The second-order valence-corrected chi connectivity index (χ2v) is 7.96. The summed E-state index contributed by atoms with van der Waals surface area (Å²) in [5.74, 6) is 0.447. The van der Waals surface area contributed by atoms with E-state index in [1.165, 1.54) is 0 Å². The number of nitrogens with one attached hydrogen (secondary N) is 1. The Balaban J connectivity index is 1.79. The molecule has 1 aromatic carbocycles. The first-order valence-electron chi connectivity index (χ1n) is 7.92. The molecule has 1 aromatic rings. The van der Waals surface area contributed by atoms with Crippen molar-refractivity contribution in [2.75, 3.05) is 6.54 Å². The molecule has 0 bridgehead atoms. The van der Waals surface area contributed by atoms with Gasteiger partial charge in [0.2, 0.25) is 0 Å². The van der Waals surface area contributed by atoms with E-state index < -0.39 is 10.2 Å². The van der Waals surface area contributed by atoms with E-state index in [1.807, 2.05) is 37.3 Å². The molecule has 2 fully saturated rings. The number of hydrogen-bond acceptors (Lipinski definition) is 2. The van der Waals surface area contributed by atoms with Crippen LogP contribution in [0.2, 0.25) is 0 Å². The highest BCUT2D eigenvalue weighted by Crippen LogP contribution is 2.41. The molecular weight excluding hydrogens is 284 g/mol. The number of benzene rings is 1. The monoisotopic (exact) mass is 308 g/mol. The lowest BCUT2D eigenvalue weighted by Crippen LogP contribution is -2.49. The summed E-state index contributed by atoms with van der Waals surface area (Å²) < 4.78 is 30.1. The van der Waals surface area contributed by atoms with Gasteiger partial charge < -0.3 is 0 Å². The molecule has 21 heavy (non-hydrogen) atoms. The van der Waals surface area contributed by atoms with Gasteiger partial charge in [-0.05, 0) is 44.1 Å². The fourth-order valence-corrected chi connectivity index (χ4v) is 4.92. The van der Waals surface area contributed by atoms with Crippen molar-refractivity contribution in [3.8, 4) is 0 Å². The lowest BCUT2D eigenvalue weighted by atomic mass is 10.0. The van der Waals surface area contributed by atoms with E-state index in [0.29, 0.717) is 12.5 Å². The maximum atomic E-state index is 12.7. The molecule has 5 heteroatoms. The average molecular weight is 308 g/mol. The van der Waals surface area contributed by atoms with Crippen LogP contribution in [0.1, 0.15) is 50.6 Å². The third kappa shape index (κ3) is 3.47. The van der Waals surface area contributed by atoms with E-state index in [-0.39, 0.29) is 12.1 Å². The third-order valence-electron chi connectivity index (χ3n) is 4.58. The van der Waals surface area contributed by atoms with Crippen molar-refractivity contribution in [1.82, 2.24) is 9.03 Å². The molecule has 3 rings (SSSR count). The molecule has 2 aliphatic rings. The van der Waals surface area contributed by atoms with E-state index >= 15 is 0 Å². The molecule has 0 radical (unpaired) electrons. The molecule has 1 aliphatic heterocycles. The summed E-state index contributed by atoms with van der Waals surface area (Å²) in [6, 6.07) is 9.98. The third-order valence-corrected chi connectivity index (χ3v) is 6.29. The Morgan fingerprint density at radius 1 is 1.14 bits per heavy atom. The Bertz CT molecular complexity index is 569. The number of rotatable bonds is 5. The van der Waals surface area contributed by atoms with Crippen molar-refractivity contribution >= 4 is 10.2 Å². The zero-order valence-electron chi connectivity index (χ0n) is 12.5. The van der Waals surface area contributed by atoms with Crippen LogP contribution in [-0.4, -0.2) is 25.3 Å². The standard InChI is InChI=1S/C16H24N2O2S/c1-13-7-5-6-12-18(13)21(19,20)17-16(15-10-11-15)14-8-3-2-4-9-14/h2-4,8-9,13,15-17H,5-7,10-12H2,1H3/t13-,16-/m1/s1. The van der Waals surface area contributed by atoms with E-state index in [4.69, 9.17) is 0 Å². The van der Waals surface area contributed by atoms with Gasteiger partial charge in [0.25, 0.3) is 10.2 Å². The van der Waals surface area contributed by atoms with Crippen molar-refractivity contribution in [2.24, 2.45) is 5.92 Å². The van der Waals surface area contributed by atoms with Crippen molar-refractivity contribution in [2.45, 2.75) is 51.1 Å². The van der Waals surface area contributed by atoms with Gasteiger partial charge in [-0.1, -0.05) is 36.8 Å². The summed E-state index contributed by atoms with van der Waals surface area (Å²) in [5.41, 5.74) is 1.08. The lowest BCUT2D eigenvalue weighted by Gasteiger charge is -2.33. The van der Waals surface area contributed by atoms with Gasteiger partial charge in [-0.2, -0.15) is 17.4 Å². The van der Waals surface area contributed by atoms with Crippen LogP contribution in [0.25, 0.3) is 0 Å². The summed E-state index contributed by atoms with van der Waals surface area (Å²) in [6.07, 6.45) is 5.26. The van der Waals surface area contributed by atoms with Gasteiger partial charge in [0.05, 0.1) is 6.04 Å². The Kier molecular flexibility index (Phi) is 4.33. The largest absolute Gasteiger partial charge is 0.280 e. The van der Waals surface area contributed by atoms with Gasteiger partial charge in [-0.15, -0.1) is 0 Å². The average Bonchev–Trinajstić information content (AvgIpc) is 3.31. The van der Waals surface area contributed by atoms with Gasteiger partial charge in [-0.3, -0.25) is 0 Å². The molecular formula is C16H24N2O2S. The van der Waals surface area contributed by atoms with Crippen LogP contribution in [0.3, 0.4) is 0 Å². The predicted molar refractivity (Wildman–Crippen MR) is 84.0 cm³/mol. The fraction of sp³-hybridized carbons (Fsp3) is 0.625. The first-order chi connectivity index (χ1) is 10.1. The molecule has 2 atom stereocenters. The van der Waals surface area contributed by atoms with E-state index in [9.17, 15) is 8.42 Å². The van der Waals surface area contributed by atoms with Crippen LogP contribution in [0.5, 0.6) is 0 Å². The van der Waals surface area contributed by atoms with E-state index in [2.05, 4.69) is 4.72 Å². The molecule has 0 aromatic heterocycles. The van der Waals surface area contributed by atoms with Gasteiger partial charge in [0.1, 0.15) is 0 Å². The minimum absolute atomic E-state index is 0.0784. The van der Waals surface area contributed by atoms with Crippen LogP contribution < -0.4 is 4.72 Å². The highest BCUT2D eigenvalue weighted by Gasteiger charge is 2.38. The molecule has 116 valence electrons. The van der Waals surface area contributed by atoms with Crippen molar-refractivity contribution in [3.63, 3.8) is 0 Å². The zero-order valence-corrected chi connectivity index (χ0v) is 13.3. The van der Waals surface area contributed by atoms with E-state index in [1.54, 1.807) is 4.31 Å². The van der Waals surface area contributed by atoms with Gasteiger partial charge in [0.15, 0.2) is 0 Å². The molecule has 1 saturated carbocycles. The fourth-order valence-electron chi connectivity index (χ4n) is 3.18. The minimum Gasteiger partial charge on any atom is -0.195 e. The molecule has 4 nitrogen and oxygen atoms in total. The SMILES string of the molecule is C[C@@H]1CCCCN1S(=O)(=O)N[C@H](c1ccccc1)C1CC1. The summed E-state index contributed by atoms with van der Waals surface area (Å²) in [5, 5.41) is 0. The van der Waals surface area contributed by atoms with Gasteiger partial charge in [-0.25, -0.2) is 0 Å². The number of nitrogens with zero attached hydrogens (tertiary/aromatic N) is 1. The second kappa shape index (κ2) is 6.07. The maximum Gasteiger partial charge on any atom is 0.280 e. The highest BCUT2D eigenvalue weighted by atomic mass is 32.2. The van der Waals surface area contributed by atoms with Crippen LogP contribution in [0, 0.1) is 5.92 Å². The zero-order chi connectivity index (χ0) is 14.9. The quantitative estimate of drug-likeness (QED) is 0.909. The van der Waals surface area contributed by atoms with Crippen molar-refractivity contribution in [1.29, 1.82) is 0 Å². The molecule has 1 heterocycles. The molecule has 1 saturated heterocycles. The van der Waals surface area contributed by atoms with Crippen LogP contribution in [-0.2, 0) is 10.2 Å². The predicted octanol–water partition coefficient (Wildman–Crippen LogP) is 2.85. The molecule has 1 N–H and O–H groups in total. The first kappa shape index (κ1) is 15.0. The lowest BCUT2D eigenvalue weighted by molar-refractivity contribution is 0.263. The van der Waals surface area contributed by atoms with Crippen LogP contribution in [0.15, 0.2) is 30.3 Å². The van der Waals surface area contributed by atoms with Gasteiger partial charge >= 0.3 is 0 Å². The molecule has 1 aliphatic carbocycles. The topological polar surface area (TPSA) is 49.4 Å². The smallest absolute Gasteiger partial charge is 0.195 e. The summed E-state index contributed by atoms with van der Waals surface area (Å²) >= 11 is 0. The summed E-state index contributed by atoms with van der Waals surface area (Å²) in [6.45, 7) is 2.65. The Morgan fingerprint density at radius 2 is 1.86 bits per heavy atom. The van der Waals surface area contributed by atoms with Crippen molar-refractivity contribution < 1.29 is 8.42 Å². The van der Waals surface area contributed by atoms with Crippen LogP contribution in [0.4, 0.5) is 0 Å².